The number of carboxylic acids is 1. The fourth-order valence-corrected chi connectivity index (χ4v) is 10.8. The Morgan fingerprint density at radius 2 is 1.61 bits per heavy atom. The molecule has 3 nitrogen and oxygen atoms in total. The van der Waals surface area contributed by atoms with Crippen LogP contribution in [0.3, 0.4) is 0 Å². The number of allylic oxidation sites excluding steroid dienone is 2. The van der Waals surface area contributed by atoms with Gasteiger partial charge in [0.25, 0.3) is 0 Å². The van der Waals surface area contributed by atoms with Crippen LogP contribution in [-0.2, 0) is 4.79 Å². The van der Waals surface area contributed by atoms with Gasteiger partial charge >= 0.3 is 5.97 Å². The molecule has 0 aliphatic heterocycles. The number of fused-ring (bicyclic) bond motifs is 7. The summed E-state index contributed by atoms with van der Waals surface area (Å²) in [5, 5.41) is 21.0. The van der Waals surface area contributed by atoms with Crippen LogP contribution in [0.5, 0.6) is 0 Å². The van der Waals surface area contributed by atoms with E-state index in [1.807, 2.05) is 0 Å². The Morgan fingerprint density at radius 3 is 2.27 bits per heavy atom. The Kier molecular flexibility index (Phi) is 5.15. The van der Waals surface area contributed by atoms with E-state index in [0.717, 1.165) is 44.9 Å². The zero-order chi connectivity index (χ0) is 24.2. The number of hydrogen-bond donors (Lipinski definition) is 2. The van der Waals surface area contributed by atoms with Gasteiger partial charge in [0.2, 0.25) is 0 Å². The number of carbonyl (C=O) groups is 1. The highest BCUT2D eigenvalue weighted by Gasteiger charge is 2.67. The molecule has 0 aromatic heterocycles. The molecule has 0 radical (unpaired) electrons. The van der Waals surface area contributed by atoms with Crippen LogP contribution < -0.4 is 0 Å². The molecule has 0 amide bonds. The topological polar surface area (TPSA) is 57.5 Å². The second kappa shape index (κ2) is 7.11. The lowest BCUT2D eigenvalue weighted by atomic mass is 9.34. The number of aliphatic hydroxyl groups is 1. The molecule has 186 valence electrons. The Morgan fingerprint density at radius 1 is 0.909 bits per heavy atom. The molecule has 5 aliphatic carbocycles. The summed E-state index contributed by atoms with van der Waals surface area (Å²) >= 11 is 0. The number of rotatable bonds is 1. The van der Waals surface area contributed by atoms with Gasteiger partial charge in [-0.05, 0) is 109 Å². The Hall–Kier alpha value is -0.830. The summed E-state index contributed by atoms with van der Waals surface area (Å²) in [6.07, 6.45) is 12.3. The SMILES string of the molecule is CC1(C)C[C@@H]2C3=CC[C@@H]4[C@@]5(C)CC[C@H](O)C(C)(C)[C@H]5CC[C@@]4(C)[C@]3(C)CCC2[C@H](C(=O)O)C1. The summed E-state index contributed by atoms with van der Waals surface area (Å²) in [6, 6.07) is 0. The van der Waals surface area contributed by atoms with Crippen LogP contribution in [0.2, 0.25) is 0 Å². The van der Waals surface area contributed by atoms with Crippen molar-refractivity contribution < 1.29 is 15.0 Å². The van der Waals surface area contributed by atoms with Crippen molar-refractivity contribution in [3.05, 3.63) is 11.6 Å². The molecule has 5 rings (SSSR count). The van der Waals surface area contributed by atoms with E-state index in [1.54, 1.807) is 5.57 Å². The average molecular weight is 457 g/mol. The number of aliphatic hydroxyl groups excluding tert-OH is 1. The predicted octanol–water partition coefficient (Wildman–Crippen LogP) is 7.09. The zero-order valence-corrected chi connectivity index (χ0v) is 22.2. The molecule has 0 aromatic carbocycles. The van der Waals surface area contributed by atoms with E-state index >= 15 is 0 Å². The highest BCUT2D eigenvalue weighted by atomic mass is 16.4. The Labute approximate surface area is 201 Å². The quantitative estimate of drug-likeness (QED) is 0.414. The summed E-state index contributed by atoms with van der Waals surface area (Å²) in [5.41, 5.74) is 2.40. The molecule has 0 saturated heterocycles. The van der Waals surface area contributed by atoms with Gasteiger partial charge < -0.3 is 10.2 Å². The molecular weight excluding hydrogens is 408 g/mol. The zero-order valence-electron chi connectivity index (χ0n) is 22.2. The Bertz CT molecular complexity index is 870. The molecule has 4 fully saturated rings. The predicted molar refractivity (Wildman–Crippen MR) is 133 cm³/mol. The minimum Gasteiger partial charge on any atom is -0.481 e. The second-order valence-corrected chi connectivity index (χ2v) is 15.0. The third-order valence-electron chi connectivity index (χ3n) is 12.8. The first-order chi connectivity index (χ1) is 15.2. The molecule has 0 aromatic rings. The van der Waals surface area contributed by atoms with E-state index in [4.69, 9.17) is 0 Å². The molecule has 4 saturated carbocycles. The lowest BCUT2D eigenvalue weighted by Gasteiger charge is -2.70. The van der Waals surface area contributed by atoms with Gasteiger partial charge in [0, 0.05) is 0 Å². The van der Waals surface area contributed by atoms with Crippen LogP contribution in [0.1, 0.15) is 106 Å². The van der Waals surface area contributed by atoms with Crippen LogP contribution in [0.15, 0.2) is 11.6 Å². The van der Waals surface area contributed by atoms with Gasteiger partial charge in [-0.2, -0.15) is 0 Å². The first kappa shape index (κ1) is 23.9. The standard InChI is InChI=1S/C30H48O3/c1-26(2)16-19-18(20(17-26)25(32)33)10-14-29(6)21(19)8-9-23-28(5)13-12-24(31)27(3,4)22(28)11-15-30(23,29)7/h8,18-20,22-24,31H,9-17H2,1-7H3,(H,32,33)/t18?,19-,20+,22+,23+,24-,28-,29+,30+/m0/s1. The molecule has 3 heteroatoms. The van der Waals surface area contributed by atoms with E-state index in [-0.39, 0.29) is 39.1 Å². The molecule has 1 unspecified atom stereocenters. The maximum Gasteiger partial charge on any atom is 0.306 e. The highest BCUT2D eigenvalue weighted by Crippen LogP contribution is 2.74. The maximum atomic E-state index is 12.3. The average Bonchev–Trinajstić information content (AvgIpc) is 2.70. The minimum absolute atomic E-state index is 0.0149. The highest BCUT2D eigenvalue weighted by molar-refractivity contribution is 5.71. The number of carboxylic acid groups (broad SMARTS) is 1. The monoisotopic (exact) mass is 456 g/mol. The third kappa shape index (κ3) is 3.06. The van der Waals surface area contributed by atoms with Gasteiger partial charge in [0.05, 0.1) is 12.0 Å². The number of hydrogen-bond acceptors (Lipinski definition) is 2. The summed E-state index contributed by atoms with van der Waals surface area (Å²) in [5.74, 6) is 1.20. The summed E-state index contributed by atoms with van der Waals surface area (Å²) in [4.78, 5) is 12.3. The molecule has 0 heterocycles. The normalized spacial score (nSPS) is 52.4. The molecule has 5 aliphatic rings. The first-order valence-corrected chi connectivity index (χ1v) is 13.8. The van der Waals surface area contributed by atoms with Crippen molar-refractivity contribution in [2.24, 2.45) is 56.7 Å². The van der Waals surface area contributed by atoms with E-state index in [0.29, 0.717) is 23.7 Å². The minimum atomic E-state index is -0.571. The second-order valence-electron chi connectivity index (χ2n) is 15.0. The first-order valence-electron chi connectivity index (χ1n) is 13.8. The van der Waals surface area contributed by atoms with Crippen LogP contribution in [-0.4, -0.2) is 22.3 Å². The summed E-state index contributed by atoms with van der Waals surface area (Å²) in [6.45, 7) is 16.9. The molecule has 9 atom stereocenters. The van der Waals surface area contributed by atoms with E-state index in [9.17, 15) is 15.0 Å². The fourth-order valence-electron chi connectivity index (χ4n) is 10.8. The molecule has 0 spiro atoms. The smallest absolute Gasteiger partial charge is 0.306 e. The largest absolute Gasteiger partial charge is 0.481 e. The van der Waals surface area contributed by atoms with Crippen molar-refractivity contribution in [1.82, 2.24) is 0 Å². The van der Waals surface area contributed by atoms with Gasteiger partial charge in [-0.1, -0.05) is 60.1 Å². The lowest BCUT2D eigenvalue weighted by Crippen LogP contribution is -2.64. The van der Waals surface area contributed by atoms with Gasteiger partial charge in [0.1, 0.15) is 0 Å². The van der Waals surface area contributed by atoms with Crippen LogP contribution >= 0.6 is 0 Å². The van der Waals surface area contributed by atoms with Gasteiger partial charge in [-0.25, -0.2) is 0 Å². The number of aliphatic carboxylic acids is 1. The third-order valence-corrected chi connectivity index (χ3v) is 12.8. The molecule has 2 N–H and O–H groups in total. The van der Waals surface area contributed by atoms with Crippen molar-refractivity contribution in [2.75, 3.05) is 0 Å². The van der Waals surface area contributed by atoms with E-state index in [2.05, 4.69) is 54.5 Å². The molecular formula is C30H48O3. The van der Waals surface area contributed by atoms with E-state index in [1.165, 1.54) is 12.8 Å². The molecule has 33 heavy (non-hydrogen) atoms. The van der Waals surface area contributed by atoms with E-state index < -0.39 is 5.97 Å². The van der Waals surface area contributed by atoms with Crippen molar-refractivity contribution in [3.8, 4) is 0 Å². The lowest BCUT2D eigenvalue weighted by molar-refractivity contribution is -0.201. The van der Waals surface area contributed by atoms with Gasteiger partial charge in [0.15, 0.2) is 0 Å². The fraction of sp³-hybridized carbons (Fsp3) is 0.900. The van der Waals surface area contributed by atoms with Crippen molar-refractivity contribution >= 4 is 5.97 Å². The van der Waals surface area contributed by atoms with Crippen LogP contribution in [0.4, 0.5) is 0 Å². The molecule has 0 bridgehead atoms. The van der Waals surface area contributed by atoms with Crippen LogP contribution in [0, 0.1) is 56.7 Å². The van der Waals surface area contributed by atoms with Crippen LogP contribution in [0.25, 0.3) is 0 Å². The maximum absolute atomic E-state index is 12.3. The van der Waals surface area contributed by atoms with Gasteiger partial charge in [-0.15, -0.1) is 0 Å². The van der Waals surface area contributed by atoms with Crippen molar-refractivity contribution in [3.63, 3.8) is 0 Å². The van der Waals surface area contributed by atoms with Gasteiger partial charge in [-0.3, -0.25) is 4.79 Å². The van der Waals surface area contributed by atoms with Crippen molar-refractivity contribution in [1.29, 1.82) is 0 Å². The Balaban J connectivity index is 1.56. The summed E-state index contributed by atoms with van der Waals surface area (Å²) in [7, 11) is 0. The summed E-state index contributed by atoms with van der Waals surface area (Å²) < 4.78 is 0. The van der Waals surface area contributed by atoms with Crippen molar-refractivity contribution in [2.45, 2.75) is 112 Å².